The van der Waals surface area contributed by atoms with Crippen LogP contribution in [-0.4, -0.2) is 34.8 Å². The number of benzene rings is 1. The minimum absolute atomic E-state index is 0.231. The van der Waals surface area contributed by atoms with Crippen molar-refractivity contribution in [2.75, 3.05) is 13.7 Å². The summed E-state index contributed by atoms with van der Waals surface area (Å²) in [5.41, 5.74) is 1.51. The highest BCUT2D eigenvalue weighted by Crippen LogP contribution is 2.18. The molecule has 0 amide bonds. The molecule has 5 heteroatoms. The maximum absolute atomic E-state index is 11.1. The monoisotopic (exact) mass is 248 g/mol. The number of aromatic nitrogens is 2. The number of ether oxygens (including phenoxy) is 1. The van der Waals surface area contributed by atoms with E-state index >= 15 is 0 Å². The van der Waals surface area contributed by atoms with Crippen molar-refractivity contribution in [2.24, 2.45) is 5.92 Å². The van der Waals surface area contributed by atoms with Crippen LogP contribution in [0, 0.1) is 5.92 Å². The highest BCUT2D eigenvalue weighted by Gasteiger charge is 2.13. The summed E-state index contributed by atoms with van der Waals surface area (Å²) in [7, 11) is 1.66. The van der Waals surface area contributed by atoms with Gasteiger partial charge in [-0.05, 0) is 18.1 Å². The molecule has 0 radical (unpaired) electrons. The van der Waals surface area contributed by atoms with E-state index in [1.165, 1.54) is 0 Å². The van der Waals surface area contributed by atoms with E-state index in [-0.39, 0.29) is 5.56 Å². The average molecular weight is 248 g/mol. The van der Waals surface area contributed by atoms with Crippen molar-refractivity contribution in [3.63, 3.8) is 0 Å². The minimum Gasteiger partial charge on any atom is -0.478 e. The van der Waals surface area contributed by atoms with E-state index in [1.54, 1.807) is 19.2 Å². The van der Waals surface area contributed by atoms with Crippen LogP contribution in [0.5, 0.6) is 0 Å². The Morgan fingerprint density at radius 2 is 2.33 bits per heavy atom. The third-order valence-corrected chi connectivity index (χ3v) is 2.79. The van der Waals surface area contributed by atoms with E-state index in [1.807, 2.05) is 6.07 Å². The zero-order valence-electron chi connectivity index (χ0n) is 10.4. The lowest BCUT2D eigenvalue weighted by molar-refractivity contribution is 0.0699. The molecule has 0 aliphatic rings. The quantitative estimate of drug-likeness (QED) is 0.849. The molecule has 96 valence electrons. The molecule has 0 aliphatic carbocycles. The van der Waals surface area contributed by atoms with Gasteiger partial charge in [-0.15, -0.1) is 0 Å². The van der Waals surface area contributed by atoms with Crippen molar-refractivity contribution < 1.29 is 14.6 Å². The van der Waals surface area contributed by atoms with E-state index in [4.69, 9.17) is 9.84 Å². The molecule has 2 aromatic rings. The first kappa shape index (κ1) is 12.6. The summed E-state index contributed by atoms with van der Waals surface area (Å²) in [5.74, 6) is 0.177. The van der Waals surface area contributed by atoms with Crippen molar-refractivity contribution in [2.45, 2.75) is 13.3 Å². The number of rotatable bonds is 5. The fourth-order valence-electron chi connectivity index (χ4n) is 2.03. The second-order valence-electron chi connectivity index (χ2n) is 4.46. The number of nitrogens with one attached hydrogen (secondary N) is 1. The van der Waals surface area contributed by atoms with E-state index in [0.29, 0.717) is 18.0 Å². The molecule has 1 unspecified atom stereocenters. The molecule has 1 heterocycles. The Balaban J connectivity index is 2.32. The average Bonchev–Trinajstić information content (AvgIpc) is 2.70. The van der Waals surface area contributed by atoms with Crippen molar-refractivity contribution in [3.8, 4) is 0 Å². The van der Waals surface area contributed by atoms with Crippen LogP contribution in [0.25, 0.3) is 11.0 Å². The highest BCUT2D eigenvalue weighted by molar-refractivity contribution is 6.00. The lowest BCUT2D eigenvalue weighted by Crippen LogP contribution is -2.08. The molecule has 5 nitrogen and oxygen atoms in total. The molecule has 1 aromatic carbocycles. The molecule has 2 N–H and O–H groups in total. The molecule has 0 saturated carbocycles. The summed E-state index contributed by atoms with van der Waals surface area (Å²) in [6, 6.07) is 5.11. The number of hydrogen-bond donors (Lipinski definition) is 2. The number of aromatic carboxylic acids is 1. The number of para-hydroxylation sites is 1. The number of carboxylic acid groups (broad SMARTS) is 1. The molecule has 0 fully saturated rings. The molecular weight excluding hydrogens is 232 g/mol. The Labute approximate surface area is 105 Å². The standard InChI is InChI=1S/C13H16N2O3/c1-8(7-18-2)6-11-14-10-5-3-4-9(13(16)17)12(10)15-11/h3-5,8H,6-7H2,1-2H3,(H,14,15)(H,16,17). The number of fused-ring (bicyclic) bond motifs is 1. The van der Waals surface area contributed by atoms with Gasteiger partial charge in [-0.3, -0.25) is 0 Å². The van der Waals surface area contributed by atoms with Crippen molar-refractivity contribution in [1.82, 2.24) is 9.97 Å². The van der Waals surface area contributed by atoms with Crippen LogP contribution < -0.4 is 0 Å². The normalized spacial score (nSPS) is 12.8. The molecule has 18 heavy (non-hydrogen) atoms. The van der Waals surface area contributed by atoms with Crippen LogP contribution in [0.2, 0.25) is 0 Å². The number of aromatic amines is 1. The number of carboxylic acids is 1. The molecule has 0 saturated heterocycles. The Bertz CT molecular complexity index is 562. The second kappa shape index (κ2) is 5.18. The van der Waals surface area contributed by atoms with E-state index in [2.05, 4.69) is 16.9 Å². The third-order valence-electron chi connectivity index (χ3n) is 2.79. The van der Waals surface area contributed by atoms with Crippen molar-refractivity contribution in [3.05, 3.63) is 29.6 Å². The Hall–Kier alpha value is -1.88. The second-order valence-corrected chi connectivity index (χ2v) is 4.46. The fraction of sp³-hybridized carbons (Fsp3) is 0.385. The van der Waals surface area contributed by atoms with Gasteiger partial charge < -0.3 is 14.8 Å². The number of hydrogen-bond acceptors (Lipinski definition) is 3. The number of imidazole rings is 1. The SMILES string of the molecule is COCC(C)Cc1nc2c(C(=O)O)cccc2[nH]1. The first-order valence-electron chi connectivity index (χ1n) is 5.81. The van der Waals surface area contributed by atoms with Gasteiger partial charge in [-0.1, -0.05) is 13.0 Å². The predicted octanol–water partition coefficient (Wildman–Crippen LogP) is 2.09. The van der Waals surface area contributed by atoms with Crippen LogP contribution in [0.4, 0.5) is 0 Å². The highest BCUT2D eigenvalue weighted by atomic mass is 16.5. The Kier molecular flexibility index (Phi) is 3.62. The summed E-state index contributed by atoms with van der Waals surface area (Å²) >= 11 is 0. The smallest absolute Gasteiger partial charge is 0.337 e. The Morgan fingerprint density at radius 1 is 1.56 bits per heavy atom. The van der Waals surface area contributed by atoms with Gasteiger partial charge in [0, 0.05) is 20.1 Å². The van der Waals surface area contributed by atoms with Gasteiger partial charge in [0.1, 0.15) is 11.3 Å². The van der Waals surface area contributed by atoms with Crippen molar-refractivity contribution in [1.29, 1.82) is 0 Å². The lowest BCUT2D eigenvalue weighted by atomic mass is 10.1. The maximum Gasteiger partial charge on any atom is 0.337 e. The summed E-state index contributed by atoms with van der Waals surface area (Å²) in [6.45, 7) is 2.72. The van der Waals surface area contributed by atoms with Crippen LogP contribution in [-0.2, 0) is 11.2 Å². The predicted molar refractivity (Wildman–Crippen MR) is 67.8 cm³/mol. The molecule has 0 bridgehead atoms. The van der Waals surface area contributed by atoms with Crippen LogP contribution in [0.1, 0.15) is 23.1 Å². The van der Waals surface area contributed by atoms with Gasteiger partial charge in [0.25, 0.3) is 0 Å². The summed E-state index contributed by atoms with van der Waals surface area (Å²) in [6.07, 6.45) is 0.738. The van der Waals surface area contributed by atoms with Gasteiger partial charge in [0.2, 0.25) is 0 Å². The van der Waals surface area contributed by atoms with Gasteiger partial charge in [0.05, 0.1) is 11.1 Å². The van der Waals surface area contributed by atoms with E-state index in [0.717, 1.165) is 17.8 Å². The fourth-order valence-corrected chi connectivity index (χ4v) is 2.03. The minimum atomic E-state index is -0.955. The van der Waals surface area contributed by atoms with E-state index < -0.39 is 5.97 Å². The van der Waals surface area contributed by atoms with Crippen molar-refractivity contribution >= 4 is 17.0 Å². The number of nitrogens with zero attached hydrogens (tertiary/aromatic N) is 1. The van der Waals surface area contributed by atoms with Gasteiger partial charge in [0.15, 0.2) is 0 Å². The maximum atomic E-state index is 11.1. The van der Waals surface area contributed by atoms with Gasteiger partial charge in [-0.25, -0.2) is 9.78 Å². The zero-order valence-corrected chi connectivity index (χ0v) is 10.4. The number of H-pyrrole nitrogens is 1. The number of carbonyl (C=O) groups is 1. The molecule has 1 atom stereocenters. The Morgan fingerprint density at radius 3 is 3.00 bits per heavy atom. The largest absolute Gasteiger partial charge is 0.478 e. The molecule has 1 aromatic heterocycles. The van der Waals surface area contributed by atoms with E-state index in [9.17, 15) is 4.79 Å². The summed E-state index contributed by atoms with van der Waals surface area (Å²) in [5, 5.41) is 9.08. The molecule has 2 rings (SSSR count). The van der Waals surface area contributed by atoms with Crippen LogP contribution >= 0.6 is 0 Å². The zero-order chi connectivity index (χ0) is 13.1. The first-order chi connectivity index (χ1) is 8.61. The third kappa shape index (κ3) is 2.51. The first-order valence-corrected chi connectivity index (χ1v) is 5.81. The van der Waals surface area contributed by atoms with Gasteiger partial charge >= 0.3 is 5.97 Å². The summed E-state index contributed by atoms with van der Waals surface area (Å²) < 4.78 is 5.08. The molecule has 0 spiro atoms. The number of methoxy groups -OCH3 is 1. The molecule has 0 aliphatic heterocycles. The summed E-state index contributed by atoms with van der Waals surface area (Å²) in [4.78, 5) is 18.6. The molecular formula is C13H16N2O3. The van der Waals surface area contributed by atoms with Crippen LogP contribution in [0.3, 0.4) is 0 Å². The van der Waals surface area contributed by atoms with Gasteiger partial charge in [-0.2, -0.15) is 0 Å². The van der Waals surface area contributed by atoms with Crippen LogP contribution in [0.15, 0.2) is 18.2 Å². The lowest BCUT2D eigenvalue weighted by Gasteiger charge is -2.06. The topological polar surface area (TPSA) is 75.2 Å².